The summed E-state index contributed by atoms with van der Waals surface area (Å²) in [5, 5.41) is 14.4. The molecule has 3 N–H and O–H groups in total. The van der Waals surface area contributed by atoms with Crippen molar-refractivity contribution in [2.75, 3.05) is 0 Å². The molecule has 0 aliphatic heterocycles. The van der Waals surface area contributed by atoms with Crippen LogP contribution in [0.5, 0.6) is 0 Å². The fourth-order valence-electron chi connectivity index (χ4n) is 2.40. The van der Waals surface area contributed by atoms with Gasteiger partial charge in [-0.2, -0.15) is 0 Å². The Morgan fingerprint density at radius 1 is 1.00 bits per heavy atom. The molecule has 0 bridgehead atoms. The van der Waals surface area contributed by atoms with Gasteiger partial charge in [-0.25, -0.2) is 4.79 Å². The van der Waals surface area contributed by atoms with Crippen LogP contribution in [0.3, 0.4) is 0 Å². The predicted molar refractivity (Wildman–Crippen MR) is 110 cm³/mol. The van der Waals surface area contributed by atoms with Gasteiger partial charge in [-0.1, -0.05) is 60.1 Å². The standard InChI is InChI=1S/C21H21BrN2O4/c1-13(2)18(21(27)28)24-20(26)17(12-14-8-10-16(22)11-9-14)23-19(25)15-6-4-3-5-7-15/h3-13,18H,1-2H3,(H,23,25)(H,24,26)(H,27,28)/b17-12+. The molecule has 1 unspecified atom stereocenters. The number of benzene rings is 2. The highest BCUT2D eigenvalue weighted by atomic mass is 79.9. The Bertz CT molecular complexity index is 877. The Labute approximate surface area is 171 Å². The van der Waals surface area contributed by atoms with E-state index in [1.807, 2.05) is 0 Å². The number of halogens is 1. The lowest BCUT2D eigenvalue weighted by molar-refractivity contribution is -0.142. The van der Waals surface area contributed by atoms with Gasteiger partial charge >= 0.3 is 5.97 Å². The number of nitrogens with one attached hydrogen (secondary N) is 2. The van der Waals surface area contributed by atoms with Crippen LogP contribution in [-0.4, -0.2) is 28.9 Å². The molecular formula is C21H21BrN2O4. The maximum atomic E-state index is 12.7. The van der Waals surface area contributed by atoms with Crippen molar-refractivity contribution >= 4 is 39.8 Å². The summed E-state index contributed by atoms with van der Waals surface area (Å²) in [5.41, 5.74) is 1.02. The molecule has 6 nitrogen and oxygen atoms in total. The third kappa shape index (κ3) is 6.06. The number of carbonyl (C=O) groups excluding carboxylic acids is 2. The van der Waals surface area contributed by atoms with Crippen LogP contribution in [0.2, 0.25) is 0 Å². The van der Waals surface area contributed by atoms with Gasteiger partial charge in [0.05, 0.1) is 0 Å². The van der Waals surface area contributed by atoms with E-state index in [2.05, 4.69) is 26.6 Å². The average Bonchev–Trinajstić information content (AvgIpc) is 2.67. The van der Waals surface area contributed by atoms with Crippen LogP contribution in [0.4, 0.5) is 0 Å². The van der Waals surface area contributed by atoms with Crippen LogP contribution in [0.15, 0.2) is 64.8 Å². The van der Waals surface area contributed by atoms with Crippen LogP contribution >= 0.6 is 15.9 Å². The summed E-state index contributed by atoms with van der Waals surface area (Å²) in [6.07, 6.45) is 1.50. The van der Waals surface area contributed by atoms with Gasteiger partial charge < -0.3 is 15.7 Å². The van der Waals surface area contributed by atoms with Crippen LogP contribution in [-0.2, 0) is 9.59 Å². The highest BCUT2D eigenvalue weighted by molar-refractivity contribution is 9.10. The van der Waals surface area contributed by atoms with E-state index in [9.17, 15) is 19.5 Å². The first-order valence-corrected chi connectivity index (χ1v) is 9.44. The zero-order valence-corrected chi connectivity index (χ0v) is 17.1. The highest BCUT2D eigenvalue weighted by Crippen LogP contribution is 2.14. The molecule has 0 spiro atoms. The number of hydrogen-bond donors (Lipinski definition) is 3. The molecule has 0 fully saturated rings. The van der Waals surface area contributed by atoms with Gasteiger partial charge in [0, 0.05) is 10.0 Å². The van der Waals surface area contributed by atoms with Crippen molar-refractivity contribution in [1.29, 1.82) is 0 Å². The van der Waals surface area contributed by atoms with Crippen molar-refractivity contribution in [3.63, 3.8) is 0 Å². The largest absolute Gasteiger partial charge is 0.480 e. The quantitative estimate of drug-likeness (QED) is 0.569. The first-order chi connectivity index (χ1) is 13.3. The number of amides is 2. The fraction of sp³-hybridized carbons (Fsp3) is 0.190. The molecular weight excluding hydrogens is 424 g/mol. The van der Waals surface area contributed by atoms with E-state index in [0.717, 1.165) is 4.47 Å². The molecule has 0 radical (unpaired) electrons. The third-order valence-corrected chi connectivity index (χ3v) is 4.46. The Morgan fingerprint density at radius 3 is 2.14 bits per heavy atom. The zero-order valence-electron chi connectivity index (χ0n) is 15.5. The number of carboxylic acids is 1. The summed E-state index contributed by atoms with van der Waals surface area (Å²) >= 11 is 3.34. The minimum absolute atomic E-state index is 0.0388. The van der Waals surface area contributed by atoms with E-state index in [1.54, 1.807) is 68.4 Å². The van der Waals surface area contributed by atoms with Gasteiger partial charge in [-0.15, -0.1) is 0 Å². The zero-order chi connectivity index (χ0) is 20.7. The first-order valence-electron chi connectivity index (χ1n) is 8.65. The smallest absolute Gasteiger partial charge is 0.326 e. The summed E-state index contributed by atoms with van der Waals surface area (Å²) in [6, 6.07) is 14.5. The van der Waals surface area contributed by atoms with Gasteiger partial charge in [0.15, 0.2) is 0 Å². The average molecular weight is 445 g/mol. The van der Waals surface area contributed by atoms with Crippen LogP contribution in [0, 0.1) is 5.92 Å². The minimum atomic E-state index is -1.14. The highest BCUT2D eigenvalue weighted by Gasteiger charge is 2.25. The molecule has 0 heterocycles. The SMILES string of the molecule is CC(C)C(NC(=O)/C(=C\c1ccc(Br)cc1)NC(=O)c1ccccc1)C(=O)O. The molecule has 0 saturated heterocycles. The minimum Gasteiger partial charge on any atom is -0.480 e. The van der Waals surface area contributed by atoms with Gasteiger partial charge in [0.2, 0.25) is 0 Å². The van der Waals surface area contributed by atoms with E-state index in [1.165, 1.54) is 6.08 Å². The van der Waals surface area contributed by atoms with Crippen LogP contribution < -0.4 is 10.6 Å². The van der Waals surface area contributed by atoms with Crippen molar-refractivity contribution in [1.82, 2.24) is 10.6 Å². The number of hydrogen-bond acceptors (Lipinski definition) is 3. The lowest BCUT2D eigenvalue weighted by atomic mass is 10.0. The summed E-state index contributed by atoms with van der Waals surface area (Å²) in [4.78, 5) is 36.6. The molecule has 2 aromatic carbocycles. The molecule has 7 heteroatoms. The number of carboxylic acid groups (broad SMARTS) is 1. The van der Waals surface area contributed by atoms with E-state index < -0.39 is 23.8 Å². The number of rotatable bonds is 7. The monoisotopic (exact) mass is 444 g/mol. The molecule has 1 atom stereocenters. The van der Waals surface area contributed by atoms with Gasteiger partial charge in [0.1, 0.15) is 11.7 Å². The molecule has 0 aliphatic carbocycles. The molecule has 146 valence electrons. The molecule has 28 heavy (non-hydrogen) atoms. The summed E-state index contributed by atoms with van der Waals surface area (Å²) in [5.74, 6) is -2.59. The van der Waals surface area contributed by atoms with Crippen molar-refractivity contribution in [2.24, 2.45) is 5.92 Å². The summed E-state index contributed by atoms with van der Waals surface area (Å²) < 4.78 is 0.870. The lowest BCUT2D eigenvalue weighted by Gasteiger charge is -2.19. The van der Waals surface area contributed by atoms with E-state index in [4.69, 9.17) is 0 Å². The van der Waals surface area contributed by atoms with Crippen molar-refractivity contribution < 1.29 is 19.5 Å². The van der Waals surface area contributed by atoms with Crippen LogP contribution in [0.1, 0.15) is 29.8 Å². The Balaban J connectivity index is 2.32. The van der Waals surface area contributed by atoms with Gasteiger partial charge in [-0.05, 0) is 41.8 Å². The molecule has 2 rings (SSSR count). The second-order valence-electron chi connectivity index (χ2n) is 6.46. The van der Waals surface area contributed by atoms with Gasteiger partial charge in [-0.3, -0.25) is 9.59 Å². The second kappa shape index (κ2) is 9.85. The Morgan fingerprint density at radius 2 is 1.61 bits per heavy atom. The Kier molecular flexibility index (Phi) is 7.52. The van der Waals surface area contributed by atoms with Crippen molar-refractivity contribution in [2.45, 2.75) is 19.9 Å². The molecule has 0 saturated carbocycles. The Hall–Kier alpha value is -2.93. The van der Waals surface area contributed by atoms with E-state index in [-0.39, 0.29) is 11.6 Å². The molecule has 0 aliphatic rings. The van der Waals surface area contributed by atoms with Crippen molar-refractivity contribution in [3.8, 4) is 0 Å². The molecule has 2 aromatic rings. The predicted octanol–water partition coefficient (Wildman–Crippen LogP) is 3.45. The lowest BCUT2D eigenvalue weighted by Crippen LogP contribution is -2.47. The number of aliphatic carboxylic acids is 1. The summed E-state index contributed by atoms with van der Waals surface area (Å²) in [6.45, 7) is 3.39. The summed E-state index contributed by atoms with van der Waals surface area (Å²) in [7, 11) is 0. The van der Waals surface area contributed by atoms with Gasteiger partial charge in [0.25, 0.3) is 11.8 Å². The normalized spacial score (nSPS) is 12.4. The first kappa shape index (κ1) is 21.4. The maximum absolute atomic E-state index is 12.7. The molecule has 2 amide bonds. The topological polar surface area (TPSA) is 95.5 Å². The second-order valence-corrected chi connectivity index (χ2v) is 7.38. The third-order valence-electron chi connectivity index (χ3n) is 3.93. The van der Waals surface area contributed by atoms with E-state index >= 15 is 0 Å². The molecule has 0 aromatic heterocycles. The van der Waals surface area contributed by atoms with Crippen molar-refractivity contribution in [3.05, 3.63) is 75.9 Å². The van der Waals surface area contributed by atoms with E-state index in [0.29, 0.717) is 11.1 Å². The fourth-order valence-corrected chi connectivity index (χ4v) is 2.66. The maximum Gasteiger partial charge on any atom is 0.326 e. The van der Waals surface area contributed by atoms with Crippen LogP contribution in [0.25, 0.3) is 6.08 Å². The number of carbonyl (C=O) groups is 3.